The lowest BCUT2D eigenvalue weighted by Gasteiger charge is -2.10. The first-order valence-corrected chi connectivity index (χ1v) is 10.7. The Morgan fingerprint density at radius 3 is 2.91 bits per heavy atom. The normalized spacial score (nSPS) is 11.8. The molecule has 2 heterocycles. The minimum atomic E-state index is -0.260. The number of hydrogen-bond donors (Lipinski definition) is 2. The summed E-state index contributed by atoms with van der Waals surface area (Å²) < 4.78 is 17.9. The van der Waals surface area contributed by atoms with E-state index in [4.69, 9.17) is 14.2 Å². The molecule has 166 valence electrons. The van der Waals surface area contributed by atoms with Crippen LogP contribution in [0.2, 0.25) is 0 Å². The van der Waals surface area contributed by atoms with Crippen molar-refractivity contribution < 1.29 is 23.8 Å². The number of aryl methyl sites for hydroxylation is 1. The van der Waals surface area contributed by atoms with E-state index in [1.807, 2.05) is 7.05 Å². The molecule has 1 aromatic heterocycles. The van der Waals surface area contributed by atoms with Crippen LogP contribution < -0.4 is 24.8 Å². The van der Waals surface area contributed by atoms with Crippen molar-refractivity contribution in [2.24, 2.45) is 7.05 Å². The van der Waals surface area contributed by atoms with Crippen LogP contribution in [0.4, 0.5) is 5.69 Å². The van der Waals surface area contributed by atoms with Gasteiger partial charge in [-0.15, -0.1) is 10.2 Å². The van der Waals surface area contributed by atoms with Crippen LogP contribution in [0.3, 0.4) is 0 Å². The van der Waals surface area contributed by atoms with E-state index in [-0.39, 0.29) is 24.4 Å². The van der Waals surface area contributed by atoms with Crippen LogP contribution >= 0.6 is 11.8 Å². The lowest BCUT2D eigenvalue weighted by molar-refractivity contribution is -0.113. The first-order valence-electron chi connectivity index (χ1n) is 9.76. The second-order valence-electron chi connectivity index (χ2n) is 6.76. The number of thioether (sulfide) groups is 1. The highest BCUT2D eigenvalue weighted by atomic mass is 32.2. The predicted octanol–water partition coefficient (Wildman–Crippen LogP) is 2.08. The van der Waals surface area contributed by atoms with Crippen molar-refractivity contribution in [1.82, 2.24) is 20.1 Å². The molecular weight excluding hydrogens is 434 g/mol. The predicted molar refractivity (Wildman–Crippen MR) is 117 cm³/mol. The number of aromatic nitrogens is 3. The highest BCUT2D eigenvalue weighted by molar-refractivity contribution is 7.99. The number of hydrogen-bond acceptors (Lipinski definition) is 8. The fourth-order valence-electron chi connectivity index (χ4n) is 2.87. The lowest BCUT2D eigenvalue weighted by Crippen LogP contribution is -2.28. The Morgan fingerprint density at radius 1 is 1.19 bits per heavy atom. The molecule has 0 saturated heterocycles. The third-order valence-electron chi connectivity index (χ3n) is 4.41. The Morgan fingerprint density at radius 2 is 2.06 bits per heavy atom. The van der Waals surface area contributed by atoms with Crippen molar-refractivity contribution in [1.29, 1.82) is 0 Å². The Balaban J connectivity index is 1.22. The molecule has 1 aliphatic heterocycles. The van der Waals surface area contributed by atoms with Gasteiger partial charge in [0.1, 0.15) is 18.7 Å². The highest BCUT2D eigenvalue weighted by Crippen LogP contribution is 2.35. The van der Waals surface area contributed by atoms with Crippen molar-refractivity contribution >= 4 is 29.3 Å². The minimum absolute atomic E-state index is 0.181. The molecule has 0 unspecified atom stereocenters. The summed E-state index contributed by atoms with van der Waals surface area (Å²) in [6, 6.07) is 12.1. The van der Waals surface area contributed by atoms with Crippen molar-refractivity contribution in [2.45, 2.75) is 5.16 Å². The molecule has 0 fully saturated rings. The average Bonchev–Trinajstić information content (AvgIpc) is 3.43. The number of rotatable bonds is 9. The first kappa shape index (κ1) is 21.5. The van der Waals surface area contributed by atoms with E-state index < -0.39 is 0 Å². The molecule has 0 spiro atoms. The quantitative estimate of drug-likeness (QED) is 0.372. The molecule has 0 bridgehead atoms. The van der Waals surface area contributed by atoms with Crippen LogP contribution in [0.25, 0.3) is 0 Å². The molecule has 10 nitrogen and oxygen atoms in total. The molecular formula is C21H21N5O5S. The molecule has 2 aromatic carbocycles. The Kier molecular flexibility index (Phi) is 6.75. The summed E-state index contributed by atoms with van der Waals surface area (Å²) in [6.45, 7) is 0.814. The van der Waals surface area contributed by atoms with Gasteiger partial charge in [0.15, 0.2) is 16.7 Å². The van der Waals surface area contributed by atoms with Crippen molar-refractivity contribution in [2.75, 3.05) is 31.0 Å². The van der Waals surface area contributed by atoms with Gasteiger partial charge in [-0.1, -0.05) is 17.8 Å². The molecule has 0 aliphatic carbocycles. The van der Waals surface area contributed by atoms with E-state index in [0.29, 0.717) is 46.8 Å². The number of carbonyl (C=O) groups is 2. The molecule has 2 N–H and O–H groups in total. The molecule has 32 heavy (non-hydrogen) atoms. The van der Waals surface area contributed by atoms with E-state index in [9.17, 15) is 9.59 Å². The Bertz CT molecular complexity index is 1120. The van der Waals surface area contributed by atoms with Gasteiger partial charge >= 0.3 is 0 Å². The number of anilines is 1. The first-order chi connectivity index (χ1) is 15.6. The van der Waals surface area contributed by atoms with Crippen LogP contribution in [-0.2, 0) is 11.8 Å². The zero-order chi connectivity index (χ0) is 22.3. The highest BCUT2D eigenvalue weighted by Gasteiger charge is 2.14. The maximum absolute atomic E-state index is 12.4. The number of nitrogens with one attached hydrogen (secondary N) is 2. The zero-order valence-electron chi connectivity index (χ0n) is 17.2. The van der Waals surface area contributed by atoms with Gasteiger partial charge in [0.25, 0.3) is 5.91 Å². The summed E-state index contributed by atoms with van der Waals surface area (Å²) in [5.74, 6) is 1.68. The summed E-state index contributed by atoms with van der Waals surface area (Å²) in [5.41, 5.74) is 0.977. The SMILES string of the molecule is Cn1cnnc1SCC(=O)Nc1cccc(C(=O)NCCOc2ccc3c(c2)OCO3)c1. The van der Waals surface area contributed by atoms with Gasteiger partial charge in [0.2, 0.25) is 12.7 Å². The van der Waals surface area contributed by atoms with Gasteiger partial charge in [-0.05, 0) is 30.3 Å². The van der Waals surface area contributed by atoms with Crippen LogP contribution in [0, 0.1) is 0 Å². The Labute approximate surface area is 188 Å². The lowest BCUT2D eigenvalue weighted by atomic mass is 10.2. The molecule has 0 atom stereocenters. The third-order valence-corrected chi connectivity index (χ3v) is 5.45. The molecule has 11 heteroatoms. The average molecular weight is 455 g/mol. The fraction of sp³-hybridized carbons (Fsp3) is 0.238. The standard InChI is InChI=1S/C21H21N5O5S/c1-26-12-23-25-21(26)32-11-19(27)24-15-4-2-3-14(9-15)20(28)22-7-8-29-16-5-6-17-18(10-16)31-13-30-17/h2-6,9-10,12H,7-8,11,13H2,1H3,(H,22,28)(H,24,27). The van der Waals surface area contributed by atoms with Crippen LogP contribution in [0.1, 0.15) is 10.4 Å². The number of carbonyl (C=O) groups excluding carboxylic acids is 2. The zero-order valence-corrected chi connectivity index (χ0v) is 18.1. The van der Waals surface area contributed by atoms with Gasteiger partial charge in [-0.2, -0.15) is 0 Å². The summed E-state index contributed by atoms with van der Waals surface area (Å²) in [7, 11) is 1.81. The second kappa shape index (κ2) is 10.1. The number of amides is 2. The number of nitrogens with zero attached hydrogens (tertiary/aromatic N) is 3. The summed E-state index contributed by atoms with van der Waals surface area (Å²) in [5, 5.41) is 13.9. The Hall–Kier alpha value is -3.73. The monoisotopic (exact) mass is 455 g/mol. The van der Waals surface area contributed by atoms with E-state index in [1.165, 1.54) is 11.8 Å². The molecule has 3 aromatic rings. The van der Waals surface area contributed by atoms with Gasteiger partial charge in [-0.25, -0.2) is 0 Å². The topological polar surface area (TPSA) is 117 Å². The number of benzene rings is 2. The maximum Gasteiger partial charge on any atom is 0.251 e. The molecule has 1 aliphatic rings. The molecule has 4 rings (SSSR count). The largest absolute Gasteiger partial charge is 0.492 e. The summed E-state index contributed by atoms with van der Waals surface area (Å²) in [6.07, 6.45) is 1.57. The number of ether oxygens (including phenoxy) is 3. The molecule has 0 radical (unpaired) electrons. The van der Waals surface area contributed by atoms with E-state index in [2.05, 4.69) is 20.8 Å². The van der Waals surface area contributed by atoms with Crippen molar-refractivity contribution in [3.8, 4) is 17.2 Å². The van der Waals surface area contributed by atoms with Crippen LogP contribution in [-0.4, -0.2) is 52.3 Å². The van der Waals surface area contributed by atoms with E-state index in [0.717, 1.165) is 0 Å². The van der Waals surface area contributed by atoms with E-state index in [1.54, 1.807) is 53.4 Å². The second-order valence-corrected chi connectivity index (χ2v) is 7.70. The van der Waals surface area contributed by atoms with Gasteiger partial charge in [0, 0.05) is 24.4 Å². The van der Waals surface area contributed by atoms with Crippen LogP contribution in [0.5, 0.6) is 17.2 Å². The third kappa shape index (κ3) is 5.49. The van der Waals surface area contributed by atoms with Crippen LogP contribution in [0.15, 0.2) is 53.9 Å². The number of fused-ring (bicyclic) bond motifs is 1. The molecule has 2 amide bonds. The smallest absolute Gasteiger partial charge is 0.251 e. The van der Waals surface area contributed by atoms with E-state index >= 15 is 0 Å². The maximum atomic E-state index is 12.4. The minimum Gasteiger partial charge on any atom is -0.492 e. The van der Waals surface area contributed by atoms with Crippen molar-refractivity contribution in [3.63, 3.8) is 0 Å². The van der Waals surface area contributed by atoms with Gasteiger partial charge in [0.05, 0.1) is 12.3 Å². The summed E-state index contributed by atoms with van der Waals surface area (Å²) in [4.78, 5) is 24.6. The van der Waals surface area contributed by atoms with Gasteiger partial charge in [-0.3, -0.25) is 9.59 Å². The summed E-state index contributed by atoms with van der Waals surface area (Å²) >= 11 is 1.28. The fourth-order valence-corrected chi connectivity index (χ4v) is 3.56. The van der Waals surface area contributed by atoms with Gasteiger partial charge < -0.3 is 29.4 Å². The molecule has 0 saturated carbocycles. The van der Waals surface area contributed by atoms with Crippen molar-refractivity contribution in [3.05, 3.63) is 54.4 Å².